The third-order valence-corrected chi connectivity index (χ3v) is 2.55. The summed E-state index contributed by atoms with van der Waals surface area (Å²) >= 11 is 0. The Morgan fingerprint density at radius 1 is 1.00 bits per heavy atom. The van der Waals surface area contributed by atoms with Crippen LogP contribution in [-0.4, -0.2) is 11.6 Å². The monoisotopic (exact) mass is 267 g/mol. The first-order valence-electron chi connectivity index (χ1n) is 5.76. The van der Waals surface area contributed by atoms with Gasteiger partial charge >= 0.3 is 6.18 Å². The molecule has 2 nitrogen and oxygen atoms in total. The van der Waals surface area contributed by atoms with Gasteiger partial charge in [-0.2, -0.15) is 13.2 Å². The van der Waals surface area contributed by atoms with E-state index in [1.807, 2.05) is 30.3 Å². The Bertz CT molecular complexity index is 526. The molecule has 0 aliphatic heterocycles. The topological polar surface area (TPSA) is 22.1 Å². The zero-order valence-corrected chi connectivity index (χ0v) is 10.0. The number of alkyl halides is 3. The molecular formula is C14H12F3NO. The van der Waals surface area contributed by atoms with E-state index in [2.05, 4.69) is 4.98 Å². The Kier molecular flexibility index (Phi) is 4.04. The molecule has 0 aliphatic rings. The number of aromatic nitrogens is 1. The Balaban J connectivity index is 2.00. The van der Waals surface area contributed by atoms with Crippen molar-refractivity contribution in [3.63, 3.8) is 0 Å². The van der Waals surface area contributed by atoms with Gasteiger partial charge in [0, 0.05) is 12.6 Å². The van der Waals surface area contributed by atoms with Gasteiger partial charge in [-0.25, -0.2) is 4.98 Å². The van der Waals surface area contributed by atoms with Crippen molar-refractivity contribution in [1.82, 2.24) is 4.98 Å². The maximum absolute atomic E-state index is 12.7. The first-order chi connectivity index (χ1) is 9.07. The molecule has 0 unspecified atom stereocenters. The fourth-order valence-electron chi connectivity index (χ4n) is 1.63. The van der Waals surface area contributed by atoms with Gasteiger partial charge in [-0.05, 0) is 17.7 Å². The summed E-state index contributed by atoms with van der Waals surface area (Å²) < 4.78 is 43.2. The SMILES string of the molecule is FC(F)(F)c1cccnc1OCCc1ccccc1. The Hall–Kier alpha value is -2.04. The van der Waals surface area contributed by atoms with Crippen molar-refractivity contribution in [3.05, 3.63) is 59.8 Å². The lowest BCUT2D eigenvalue weighted by molar-refractivity contribution is -0.139. The highest BCUT2D eigenvalue weighted by Gasteiger charge is 2.34. The van der Waals surface area contributed by atoms with E-state index in [1.165, 1.54) is 12.3 Å². The Morgan fingerprint density at radius 2 is 1.74 bits per heavy atom. The molecule has 1 aromatic carbocycles. The van der Waals surface area contributed by atoms with Gasteiger partial charge in [-0.15, -0.1) is 0 Å². The molecule has 0 bridgehead atoms. The van der Waals surface area contributed by atoms with Crippen molar-refractivity contribution in [2.75, 3.05) is 6.61 Å². The van der Waals surface area contributed by atoms with Crippen LogP contribution in [0, 0.1) is 0 Å². The van der Waals surface area contributed by atoms with Gasteiger partial charge in [-0.1, -0.05) is 30.3 Å². The first kappa shape index (κ1) is 13.4. The van der Waals surface area contributed by atoms with E-state index in [0.717, 1.165) is 11.6 Å². The van der Waals surface area contributed by atoms with Gasteiger partial charge in [0.25, 0.3) is 0 Å². The quantitative estimate of drug-likeness (QED) is 0.842. The molecule has 1 aromatic heterocycles. The minimum absolute atomic E-state index is 0.157. The number of nitrogens with zero attached hydrogens (tertiary/aromatic N) is 1. The molecular weight excluding hydrogens is 255 g/mol. The van der Waals surface area contributed by atoms with Gasteiger partial charge < -0.3 is 4.74 Å². The molecule has 2 rings (SSSR count). The highest BCUT2D eigenvalue weighted by atomic mass is 19.4. The summed E-state index contributed by atoms with van der Waals surface area (Å²) in [4.78, 5) is 3.63. The molecule has 100 valence electrons. The van der Waals surface area contributed by atoms with Gasteiger partial charge in [0.1, 0.15) is 5.56 Å². The summed E-state index contributed by atoms with van der Waals surface area (Å²) in [7, 11) is 0. The number of hydrogen-bond donors (Lipinski definition) is 0. The number of hydrogen-bond acceptors (Lipinski definition) is 2. The van der Waals surface area contributed by atoms with Crippen LogP contribution in [-0.2, 0) is 12.6 Å². The van der Waals surface area contributed by atoms with Crippen LogP contribution in [0.1, 0.15) is 11.1 Å². The lowest BCUT2D eigenvalue weighted by Gasteiger charge is -2.12. The average Bonchev–Trinajstić information content (AvgIpc) is 2.39. The average molecular weight is 267 g/mol. The molecule has 0 aliphatic carbocycles. The summed E-state index contributed by atoms with van der Waals surface area (Å²) in [5.41, 5.74) is 0.162. The lowest BCUT2D eigenvalue weighted by Crippen LogP contribution is -2.11. The largest absolute Gasteiger partial charge is 0.477 e. The number of ether oxygens (including phenoxy) is 1. The number of benzene rings is 1. The lowest BCUT2D eigenvalue weighted by atomic mass is 10.2. The van der Waals surface area contributed by atoms with Crippen LogP contribution in [0.4, 0.5) is 13.2 Å². The molecule has 0 amide bonds. The third kappa shape index (κ3) is 3.71. The van der Waals surface area contributed by atoms with Crippen molar-refractivity contribution in [3.8, 4) is 5.88 Å². The van der Waals surface area contributed by atoms with E-state index >= 15 is 0 Å². The van der Waals surface area contributed by atoms with Crippen molar-refractivity contribution in [2.24, 2.45) is 0 Å². The predicted molar refractivity (Wildman–Crippen MR) is 64.9 cm³/mol. The number of rotatable bonds is 4. The second kappa shape index (κ2) is 5.73. The second-order valence-electron chi connectivity index (χ2n) is 3.94. The van der Waals surface area contributed by atoms with Crippen LogP contribution in [0.3, 0.4) is 0 Å². The number of halogens is 3. The maximum Gasteiger partial charge on any atom is 0.421 e. The third-order valence-electron chi connectivity index (χ3n) is 2.55. The van der Waals surface area contributed by atoms with Crippen LogP contribution in [0.2, 0.25) is 0 Å². The van der Waals surface area contributed by atoms with E-state index in [9.17, 15) is 13.2 Å². The summed E-state index contributed by atoms with van der Waals surface area (Å²) in [5, 5.41) is 0. The van der Waals surface area contributed by atoms with Crippen LogP contribution in [0.15, 0.2) is 48.7 Å². The van der Waals surface area contributed by atoms with Gasteiger partial charge in [0.05, 0.1) is 6.61 Å². The standard InChI is InChI=1S/C14H12F3NO/c15-14(16,17)12-7-4-9-18-13(12)19-10-8-11-5-2-1-3-6-11/h1-7,9H,8,10H2. The summed E-state index contributed by atoms with van der Waals surface area (Å²) in [6.07, 6.45) is -2.63. The molecule has 0 fully saturated rings. The predicted octanol–water partition coefficient (Wildman–Crippen LogP) is 3.72. The van der Waals surface area contributed by atoms with E-state index < -0.39 is 11.7 Å². The maximum atomic E-state index is 12.7. The highest BCUT2D eigenvalue weighted by molar-refractivity contribution is 5.28. The van der Waals surface area contributed by atoms with E-state index in [1.54, 1.807) is 0 Å². The molecule has 1 heterocycles. The van der Waals surface area contributed by atoms with Crippen molar-refractivity contribution >= 4 is 0 Å². The molecule has 2 aromatic rings. The molecule has 0 atom stereocenters. The zero-order valence-electron chi connectivity index (χ0n) is 10.0. The smallest absolute Gasteiger partial charge is 0.421 e. The summed E-state index contributed by atoms with van der Waals surface area (Å²) in [6.45, 7) is 0.157. The van der Waals surface area contributed by atoms with Gasteiger partial charge in [0.2, 0.25) is 5.88 Å². The van der Waals surface area contributed by atoms with Crippen molar-refractivity contribution in [1.29, 1.82) is 0 Å². The summed E-state index contributed by atoms with van der Waals surface area (Å²) in [6, 6.07) is 11.6. The molecule has 19 heavy (non-hydrogen) atoms. The molecule has 0 spiro atoms. The van der Waals surface area contributed by atoms with Crippen LogP contribution in [0.5, 0.6) is 5.88 Å². The normalized spacial score (nSPS) is 11.3. The van der Waals surface area contributed by atoms with Crippen LogP contribution >= 0.6 is 0 Å². The first-order valence-corrected chi connectivity index (χ1v) is 5.76. The molecule has 5 heteroatoms. The fraction of sp³-hybridized carbons (Fsp3) is 0.214. The zero-order chi connectivity index (χ0) is 13.7. The van der Waals surface area contributed by atoms with E-state index in [4.69, 9.17) is 4.74 Å². The molecule has 0 radical (unpaired) electrons. The Labute approximate surface area is 108 Å². The number of pyridine rings is 1. The van der Waals surface area contributed by atoms with Crippen molar-refractivity contribution < 1.29 is 17.9 Å². The van der Waals surface area contributed by atoms with Crippen LogP contribution < -0.4 is 4.74 Å². The van der Waals surface area contributed by atoms with Crippen LogP contribution in [0.25, 0.3) is 0 Å². The van der Waals surface area contributed by atoms with Gasteiger partial charge in [0.15, 0.2) is 0 Å². The molecule has 0 saturated carbocycles. The highest BCUT2D eigenvalue weighted by Crippen LogP contribution is 2.34. The fourth-order valence-corrected chi connectivity index (χ4v) is 1.63. The minimum Gasteiger partial charge on any atom is -0.477 e. The minimum atomic E-state index is -4.45. The summed E-state index contributed by atoms with van der Waals surface area (Å²) in [5.74, 6) is -0.370. The Morgan fingerprint density at radius 3 is 2.42 bits per heavy atom. The van der Waals surface area contributed by atoms with Crippen molar-refractivity contribution in [2.45, 2.75) is 12.6 Å². The second-order valence-corrected chi connectivity index (χ2v) is 3.94. The van der Waals surface area contributed by atoms with Gasteiger partial charge in [-0.3, -0.25) is 0 Å². The molecule has 0 N–H and O–H groups in total. The van der Waals surface area contributed by atoms with E-state index in [0.29, 0.717) is 6.42 Å². The van der Waals surface area contributed by atoms with E-state index in [-0.39, 0.29) is 12.5 Å². The molecule has 0 saturated heterocycles.